The first kappa shape index (κ1) is 15.9. The second-order valence-electron chi connectivity index (χ2n) is 4.87. The van der Waals surface area contributed by atoms with Crippen molar-refractivity contribution in [3.63, 3.8) is 0 Å². The van der Waals surface area contributed by atoms with Gasteiger partial charge in [0.2, 0.25) is 0 Å². The smallest absolute Gasteiger partial charge is 0.323 e. The van der Waals surface area contributed by atoms with Crippen molar-refractivity contribution in [1.82, 2.24) is 9.59 Å². The quantitative estimate of drug-likeness (QED) is 0.728. The number of benzene rings is 2. The molecular weight excluding hydrogens is 324 g/mol. The molecule has 0 spiro atoms. The summed E-state index contributed by atoms with van der Waals surface area (Å²) >= 11 is 1.33. The second-order valence-corrected chi connectivity index (χ2v) is 5.65. The zero-order valence-corrected chi connectivity index (χ0v) is 13.8. The minimum atomic E-state index is -0.325. The summed E-state index contributed by atoms with van der Waals surface area (Å²) in [5.41, 5.74) is 2.34. The van der Waals surface area contributed by atoms with E-state index < -0.39 is 0 Å². The fraction of sp³-hybridized carbons (Fsp3) is 0.118. The number of urea groups is 1. The van der Waals surface area contributed by atoms with Crippen LogP contribution in [0.15, 0.2) is 54.7 Å². The highest BCUT2D eigenvalue weighted by molar-refractivity contribution is 7.09. The van der Waals surface area contributed by atoms with Gasteiger partial charge in [-0.3, -0.25) is 0 Å². The van der Waals surface area contributed by atoms with E-state index in [-0.39, 0.29) is 6.03 Å². The molecule has 0 fully saturated rings. The van der Waals surface area contributed by atoms with Crippen molar-refractivity contribution >= 4 is 28.9 Å². The molecular formula is C17H16N4O2S. The van der Waals surface area contributed by atoms with Gasteiger partial charge in [-0.25, -0.2) is 4.79 Å². The average molecular weight is 340 g/mol. The minimum Gasteiger partial charge on any atom is -0.492 e. The fourth-order valence-electron chi connectivity index (χ4n) is 2.15. The van der Waals surface area contributed by atoms with Crippen LogP contribution < -0.4 is 15.4 Å². The van der Waals surface area contributed by atoms with E-state index in [9.17, 15) is 4.79 Å². The number of nitrogens with one attached hydrogen (secondary N) is 2. The maximum absolute atomic E-state index is 12.2. The lowest BCUT2D eigenvalue weighted by molar-refractivity contribution is 0.262. The molecule has 2 aromatic carbocycles. The van der Waals surface area contributed by atoms with Crippen molar-refractivity contribution in [2.24, 2.45) is 0 Å². The number of ether oxygens (including phenoxy) is 1. The van der Waals surface area contributed by atoms with E-state index in [2.05, 4.69) is 20.2 Å². The molecule has 0 aliphatic carbocycles. The van der Waals surface area contributed by atoms with E-state index in [1.165, 1.54) is 11.5 Å². The molecule has 1 heterocycles. The van der Waals surface area contributed by atoms with E-state index >= 15 is 0 Å². The second kappa shape index (κ2) is 7.56. The summed E-state index contributed by atoms with van der Waals surface area (Å²) in [5, 5.41) is 9.41. The van der Waals surface area contributed by atoms with Crippen molar-refractivity contribution in [2.45, 2.75) is 6.92 Å². The van der Waals surface area contributed by atoms with Crippen LogP contribution in [-0.4, -0.2) is 22.2 Å². The Hall–Kier alpha value is -2.93. The molecule has 7 heteroatoms. The van der Waals surface area contributed by atoms with E-state index in [0.717, 1.165) is 10.4 Å². The van der Waals surface area contributed by atoms with Crippen molar-refractivity contribution in [3.05, 3.63) is 54.7 Å². The number of para-hydroxylation sites is 2. The minimum absolute atomic E-state index is 0.325. The van der Waals surface area contributed by atoms with Gasteiger partial charge in [-0.2, -0.15) is 0 Å². The molecule has 6 nitrogen and oxygen atoms in total. The highest BCUT2D eigenvalue weighted by Crippen LogP contribution is 2.25. The molecule has 0 bridgehead atoms. The van der Waals surface area contributed by atoms with Gasteiger partial charge in [0.25, 0.3) is 0 Å². The van der Waals surface area contributed by atoms with Crippen LogP contribution >= 0.6 is 11.5 Å². The summed E-state index contributed by atoms with van der Waals surface area (Å²) in [6, 6.07) is 14.5. The molecule has 0 atom stereocenters. The number of hydrogen-bond acceptors (Lipinski definition) is 5. The van der Waals surface area contributed by atoms with Crippen LogP contribution in [0.1, 0.15) is 6.92 Å². The molecule has 0 aliphatic heterocycles. The number of aromatic nitrogens is 2. The molecule has 122 valence electrons. The summed E-state index contributed by atoms with van der Waals surface area (Å²) < 4.78 is 9.33. The lowest BCUT2D eigenvalue weighted by atomic mass is 10.2. The van der Waals surface area contributed by atoms with Crippen LogP contribution in [0.4, 0.5) is 16.2 Å². The number of anilines is 2. The summed E-state index contributed by atoms with van der Waals surface area (Å²) in [5.74, 6) is 0.642. The first-order valence-electron chi connectivity index (χ1n) is 7.44. The predicted molar refractivity (Wildman–Crippen MR) is 95.6 cm³/mol. The van der Waals surface area contributed by atoms with Crippen molar-refractivity contribution in [3.8, 4) is 16.2 Å². The zero-order valence-electron chi connectivity index (χ0n) is 13.0. The number of rotatable bonds is 5. The Morgan fingerprint density at radius 3 is 2.62 bits per heavy atom. The number of nitrogens with zero attached hydrogens (tertiary/aromatic N) is 2. The van der Waals surface area contributed by atoms with Crippen LogP contribution in [-0.2, 0) is 0 Å². The van der Waals surface area contributed by atoms with Gasteiger partial charge < -0.3 is 15.4 Å². The first-order chi connectivity index (χ1) is 11.8. The van der Waals surface area contributed by atoms with Gasteiger partial charge >= 0.3 is 6.03 Å². The Labute approximate surface area is 143 Å². The lowest BCUT2D eigenvalue weighted by Gasteiger charge is -2.12. The van der Waals surface area contributed by atoms with Gasteiger partial charge in [-0.05, 0) is 48.3 Å². The molecule has 0 aliphatic rings. The molecule has 3 rings (SSSR count). The Kier molecular flexibility index (Phi) is 5.02. The van der Waals surface area contributed by atoms with E-state index in [4.69, 9.17) is 4.74 Å². The fourth-order valence-corrected chi connectivity index (χ4v) is 2.67. The molecule has 0 unspecified atom stereocenters. The van der Waals surface area contributed by atoms with E-state index in [1.54, 1.807) is 12.3 Å². The van der Waals surface area contributed by atoms with Gasteiger partial charge in [0.05, 0.1) is 23.4 Å². The summed E-state index contributed by atoms with van der Waals surface area (Å²) in [6.07, 6.45) is 1.71. The van der Waals surface area contributed by atoms with Crippen LogP contribution in [0.5, 0.6) is 5.75 Å². The van der Waals surface area contributed by atoms with Crippen LogP contribution in [0, 0.1) is 0 Å². The largest absolute Gasteiger partial charge is 0.492 e. The average Bonchev–Trinajstić information content (AvgIpc) is 3.12. The molecule has 2 amide bonds. The molecule has 24 heavy (non-hydrogen) atoms. The molecule has 3 aromatic rings. The summed E-state index contributed by atoms with van der Waals surface area (Å²) in [4.78, 5) is 13.1. The molecule has 2 N–H and O–H groups in total. The van der Waals surface area contributed by atoms with Crippen molar-refractivity contribution in [1.29, 1.82) is 0 Å². The highest BCUT2D eigenvalue weighted by Gasteiger charge is 2.08. The van der Waals surface area contributed by atoms with E-state index in [1.807, 2.05) is 49.4 Å². The topological polar surface area (TPSA) is 76.1 Å². The van der Waals surface area contributed by atoms with Gasteiger partial charge in [-0.15, -0.1) is 5.10 Å². The zero-order chi connectivity index (χ0) is 16.8. The predicted octanol–water partition coefficient (Wildman–Crippen LogP) is 4.25. The maximum atomic E-state index is 12.2. The first-order valence-corrected chi connectivity index (χ1v) is 8.21. The standard InChI is InChI=1S/C17H16N4O2S/c1-2-23-15-6-4-3-5-14(15)20-17(22)19-13-9-7-12(8-10-13)16-11-18-21-24-16/h3-11H,2H2,1H3,(H2,19,20,22). The van der Waals surface area contributed by atoms with Crippen LogP contribution in [0.3, 0.4) is 0 Å². The maximum Gasteiger partial charge on any atom is 0.323 e. The number of amides is 2. The van der Waals surface area contributed by atoms with Crippen molar-refractivity contribution in [2.75, 3.05) is 17.2 Å². The van der Waals surface area contributed by atoms with Gasteiger partial charge in [0, 0.05) is 5.69 Å². The summed E-state index contributed by atoms with van der Waals surface area (Å²) in [7, 11) is 0. The van der Waals surface area contributed by atoms with Gasteiger partial charge in [-0.1, -0.05) is 28.8 Å². The third-order valence-electron chi connectivity index (χ3n) is 3.22. The SMILES string of the molecule is CCOc1ccccc1NC(=O)Nc1ccc(-c2cnns2)cc1. The van der Waals surface area contributed by atoms with Crippen LogP contribution in [0.2, 0.25) is 0 Å². The number of carbonyl (C=O) groups is 1. The Bertz CT molecular complexity index is 804. The third-order valence-corrected chi connectivity index (χ3v) is 3.94. The monoisotopic (exact) mass is 340 g/mol. The van der Waals surface area contributed by atoms with E-state index in [0.29, 0.717) is 23.7 Å². The van der Waals surface area contributed by atoms with Crippen LogP contribution in [0.25, 0.3) is 10.4 Å². The van der Waals surface area contributed by atoms with Crippen molar-refractivity contribution < 1.29 is 9.53 Å². The molecule has 1 aromatic heterocycles. The Morgan fingerprint density at radius 2 is 1.92 bits per heavy atom. The Balaban J connectivity index is 1.65. The lowest BCUT2D eigenvalue weighted by Crippen LogP contribution is -2.19. The number of carbonyl (C=O) groups excluding carboxylic acids is 1. The molecule has 0 saturated heterocycles. The third kappa shape index (κ3) is 3.88. The normalized spacial score (nSPS) is 10.2. The molecule has 0 saturated carbocycles. The number of hydrogen-bond donors (Lipinski definition) is 2. The summed E-state index contributed by atoms with van der Waals surface area (Å²) in [6.45, 7) is 2.44. The Morgan fingerprint density at radius 1 is 1.12 bits per heavy atom. The van der Waals surface area contributed by atoms with Gasteiger partial charge in [0.15, 0.2) is 0 Å². The highest BCUT2D eigenvalue weighted by atomic mass is 32.1. The molecule has 0 radical (unpaired) electrons. The van der Waals surface area contributed by atoms with Gasteiger partial charge in [0.1, 0.15) is 5.75 Å².